The number of carbonyl (C=O) groups excluding carboxylic acids is 2. The van der Waals surface area contributed by atoms with Crippen LogP contribution in [0.15, 0.2) is 0 Å². The maximum Gasteiger partial charge on any atom is 0.243 e. The van der Waals surface area contributed by atoms with Crippen LogP contribution < -0.4 is 16.8 Å². The number of piperidine rings is 1. The maximum atomic E-state index is 10.5. The third-order valence-electron chi connectivity index (χ3n) is 1.86. The molecule has 0 saturated carbocycles. The summed E-state index contributed by atoms with van der Waals surface area (Å²) in [5, 5.41) is 10.8. The highest BCUT2D eigenvalue weighted by molar-refractivity contribution is 5.76. The highest BCUT2D eigenvalue weighted by atomic mass is 16.3. The van der Waals surface area contributed by atoms with Crippen LogP contribution in [-0.4, -0.2) is 36.6 Å². The zero-order valence-electron chi connectivity index (χ0n) is 8.03. The normalized spacial score (nSPS) is 20.5. The van der Waals surface area contributed by atoms with Gasteiger partial charge in [0.1, 0.15) is 6.61 Å². The molecule has 1 aliphatic rings. The van der Waals surface area contributed by atoms with Gasteiger partial charge in [-0.3, -0.25) is 9.59 Å². The van der Waals surface area contributed by atoms with Crippen molar-refractivity contribution in [1.82, 2.24) is 5.32 Å². The molecule has 1 rings (SSSR count). The number of aliphatic hydroxyl groups excluding tert-OH is 1. The molecule has 1 aliphatic heterocycles. The van der Waals surface area contributed by atoms with Gasteiger partial charge in [-0.1, -0.05) is 0 Å². The van der Waals surface area contributed by atoms with Crippen molar-refractivity contribution in [3.63, 3.8) is 0 Å². The average molecular weight is 203 g/mol. The Morgan fingerprint density at radius 2 is 2.00 bits per heavy atom. The highest BCUT2D eigenvalue weighted by Crippen LogP contribution is 2.07. The summed E-state index contributed by atoms with van der Waals surface area (Å²) < 4.78 is 0. The Kier molecular flexibility index (Phi) is 6.69. The Balaban J connectivity index is 0.000000292. The molecule has 2 amide bonds. The predicted octanol–water partition coefficient (Wildman–Crippen LogP) is -2.06. The number of nitrogens with one attached hydrogen (secondary N) is 1. The van der Waals surface area contributed by atoms with Crippen LogP contribution in [0.2, 0.25) is 0 Å². The molecule has 0 aliphatic carbocycles. The van der Waals surface area contributed by atoms with E-state index in [0.29, 0.717) is 0 Å². The highest BCUT2D eigenvalue weighted by Gasteiger charge is 2.17. The molecule has 1 fully saturated rings. The smallest absolute Gasteiger partial charge is 0.243 e. The number of hydrogen-bond acceptors (Lipinski definition) is 4. The van der Waals surface area contributed by atoms with Gasteiger partial charge < -0.3 is 21.9 Å². The molecule has 0 aromatic heterocycles. The summed E-state index contributed by atoms with van der Waals surface area (Å²) in [7, 11) is 0. The SMILES string of the molecule is NC(=O)C1CCCNC1.NC(=O)CO. The maximum absolute atomic E-state index is 10.5. The van der Waals surface area contributed by atoms with Crippen LogP contribution in [0.4, 0.5) is 0 Å². The first kappa shape index (κ1) is 12.9. The summed E-state index contributed by atoms with van der Waals surface area (Å²) in [6.07, 6.45) is 2.04. The number of aliphatic hydroxyl groups is 1. The molecule has 6 N–H and O–H groups in total. The van der Waals surface area contributed by atoms with Crippen LogP contribution in [-0.2, 0) is 9.59 Å². The van der Waals surface area contributed by atoms with Crippen LogP contribution in [0.1, 0.15) is 12.8 Å². The summed E-state index contributed by atoms with van der Waals surface area (Å²) in [6.45, 7) is 1.25. The zero-order valence-corrected chi connectivity index (χ0v) is 8.03. The van der Waals surface area contributed by atoms with Gasteiger partial charge in [0.05, 0.1) is 5.92 Å². The van der Waals surface area contributed by atoms with Crippen molar-refractivity contribution in [3.8, 4) is 0 Å². The van der Waals surface area contributed by atoms with E-state index in [1.54, 1.807) is 0 Å². The van der Waals surface area contributed by atoms with Gasteiger partial charge in [0.2, 0.25) is 11.8 Å². The van der Waals surface area contributed by atoms with Gasteiger partial charge in [-0.25, -0.2) is 0 Å². The van der Waals surface area contributed by atoms with Gasteiger partial charge in [0.25, 0.3) is 0 Å². The van der Waals surface area contributed by atoms with E-state index in [-0.39, 0.29) is 11.8 Å². The standard InChI is InChI=1S/C6H12N2O.C2H5NO2/c7-6(9)5-2-1-3-8-4-5;3-2(5)1-4/h5,8H,1-4H2,(H2,7,9);4H,1H2,(H2,3,5). The molecular formula is C8H17N3O3. The Morgan fingerprint density at radius 3 is 2.21 bits per heavy atom. The molecule has 0 radical (unpaired) electrons. The number of hydrogen-bond donors (Lipinski definition) is 4. The molecule has 0 aromatic rings. The minimum absolute atomic E-state index is 0.0822. The molecule has 1 atom stereocenters. The number of nitrogens with two attached hydrogens (primary N) is 2. The molecule has 1 heterocycles. The third kappa shape index (κ3) is 6.38. The van der Waals surface area contributed by atoms with Gasteiger partial charge >= 0.3 is 0 Å². The van der Waals surface area contributed by atoms with Gasteiger partial charge in [0.15, 0.2) is 0 Å². The average Bonchev–Trinajstić information content (AvgIpc) is 2.20. The Hall–Kier alpha value is -1.14. The summed E-state index contributed by atoms with van der Waals surface area (Å²) in [6, 6.07) is 0. The first-order chi connectivity index (χ1) is 6.57. The van der Waals surface area contributed by atoms with Crippen molar-refractivity contribution in [3.05, 3.63) is 0 Å². The number of carbonyl (C=O) groups is 2. The quantitative estimate of drug-likeness (QED) is 0.412. The number of primary amides is 2. The molecule has 0 bridgehead atoms. The van der Waals surface area contributed by atoms with Crippen molar-refractivity contribution in [2.45, 2.75) is 12.8 Å². The summed E-state index contributed by atoms with van der Waals surface area (Å²) in [5.74, 6) is -0.772. The number of amides is 2. The lowest BCUT2D eigenvalue weighted by Gasteiger charge is -2.18. The minimum Gasteiger partial charge on any atom is -0.387 e. The van der Waals surface area contributed by atoms with E-state index in [9.17, 15) is 9.59 Å². The molecule has 14 heavy (non-hydrogen) atoms. The van der Waals surface area contributed by atoms with E-state index in [2.05, 4.69) is 11.1 Å². The van der Waals surface area contributed by atoms with Crippen molar-refractivity contribution in [2.24, 2.45) is 17.4 Å². The number of rotatable bonds is 2. The lowest BCUT2D eigenvalue weighted by molar-refractivity contribution is -0.122. The molecular weight excluding hydrogens is 186 g/mol. The second kappa shape index (κ2) is 7.28. The van der Waals surface area contributed by atoms with Gasteiger partial charge in [-0.05, 0) is 19.4 Å². The van der Waals surface area contributed by atoms with E-state index < -0.39 is 12.5 Å². The summed E-state index contributed by atoms with van der Waals surface area (Å²) in [4.78, 5) is 19.9. The van der Waals surface area contributed by atoms with Gasteiger partial charge in [0, 0.05) is 6.54 Å². The monoisotopic (exact) mass is 203 g/mol. The first-order valence-electron chi connectivity index (χ1n) is 4.47. The fraction of sp³-hybridized carbons (Fsp3) is 0.750. The largest absolute Gasteiger partial charge is 0.387 e. The topological polar surface area (TPSA) is 118 Å². The van der Waals surface area contributed by atoms with E-state index in [4.69, 9.17) is 10.8 Å². The summed E-state index contributed by atoms with van der Waals surface area (Å²) in [5.41, 5.74) is 9.49. The second-order valence-electron chi connectivity index (χ2n) is 3.07. The fourth-order valence-corrected chi connectivity index (χ4v) is 1.09. The lowest BCUT2D eigenvalue weighted by Crippen LogP contribution is -2.37. The minimum atomic E-state index is -0.690. The van der Waals surface area contributed by atoms with Crippen LogP contribution in [0.25, 0.3) is 0 Å². The lowest BCUT2D eigenvalue weighted by atomic mass is 9.99. The first-order valence-corrected chi connectivity index (χ1v) is 4.47. The molecule has 6 heteroatoms. The Morgan fingerprint density at radius 1 is 1.43 bits per heavy atom. The molecule has 0 spiro atoms. The Bertz CT molecular complexity index is 190. The van der Waals surface area contributed by atoms with E-state index >= 15 is 0 Å². The molecule has 82 valence electrons. The zero-order chi connectivity index (χ0) is 11.0. The summed E-state index contributed by atoms with van der Waals surface area (Å²) >= 11 is 0. The van der Waals surface area contributed by atoms with E-state index in [0.717, 1.165) is 25.9 Å². The molecule has 0 aromatic carbocycles. The van der Waals surface area contributed by atoms with Crippen LogP contribution in [0.3, 0.4) is 0 Å². The van der Waals surface area contributed by atoms with Gasteiger partial charge in [-0.2, -0.15) is 0 Å². The van der Waals surface area contributed by atoms with Crippen LogP contribution in [0.5, 0.6) is 0 Å². The Labute approximate surface area is 82.6 Å². The van der Waals surface area contributed by atoms with E-state index in [1.807, 2.05) is 0 Å². The van der Waals surface area contributed by atoms with Crippen molar-refractivity contribution in [1.29, 1.82) is 0 Å². The van der Waals surface area contributed by atoms with Gasteiger partial charge in [-0.15, -0.1) is 0 Å². The predicted molar refractivity (Wildman–Crippen MR) is 51.1 cm³/mol. The third-order valence-corrected chi connectivity index (χ3v) is 1.86. The molecule has 6 nitrogen and oxygen atoms in total. The van der Waals surface area contributed by atoms with Crippen molar-refractivity contribution < 1.29 is 14.7 Å². The fourth-order valence-electron chi connectivity index (χ4n) is 1.09. The second-order valence-corrected chi connectivity index (χ2v) is 3.07. The molecule has 1 unspecified atom stereocenters. The van der Waals surface area contributed by atoms with E-state index in [1.165, 1.54) is 0 Å². The molecule has 1 saturated heterocycles. The van der Waals surface area contributed by atoms with Crippen molar-refractivity contribution in [2.75, 3.05) is 19.7 Å². The van der Waals surface area contributed by atoms with Crippen LogP contribution in [0, 0.1) is 5.92 Å². The van der Waals surface area contributed by atoms with Crippen LogP contribution >= 0.6 is 0 Å². The van der Waals surface area contributed by atoms with Crippen molar-refractivity contribution >= 4 is 11.8 Å².